The zero-order chi connectivity index (χ0) is 11.3. The summed E-state index contributed by atoms with van der Waals surface area (Å²) in [5.74, 6) is 0.137. The van der Waals surface area contributed by atoms with Crippen molar-refractivity contribution in [2.75, 3.05) is 6.61 Å². The van der Waals surface area contributed by atoms with Crippen molar-refractivity contribution in [2.24, 2.45) is 0 Å². The van der Waals surface area contributed by atoms with Gasteiger partial charge < -0.3 is 14.6 Å². The predicted octanol–water partition coefficient (Wildman–Crippen LogP) is 2.57. The number of rotatable bonds is 5. The maximum atomic E-state index is 12.0. The molecular formula is C10H11F2O3. The Morgan fingerprint density at radius 2 is 2.13 bits per heavy atom. The van der Waals surface area contributed by atoms with E-state index < -0.39 is 6.61 Å². The van der Waals surface area contributed by atoms with E-state index in [9.17, 15) is 8.78 Å². The second kappa shape index (κ2) is 5.50. The van der Waals surface area contributed by atoms with Crippen molar-refractivity contribution >= 4 is 0 Å². The summed E-state index contributed by atoms with van der Waals surface area (Å²) in [6.45, 7) is 0.0122. The fourth-order valence-corrected chi connectivity index (χ4v) is 1.07. The third kappa shape index (κ3) is 3.36. The van der Waals surface area contributed by atoms with Crippen LogP contribution in [-0.4, -0.2) is 18.3 Å². The van der Waals surface area contributed by atoms with Crippen LogP contribution in [0.15, 0.2) is 18.2 Å². The first-order valence-electron chi connectivity index (χ1n) is 4.36. The summed E-state index contributed by atoms with van der Waals surface area (Å²) in [5.41, 5.74) is 0.458. The molecule has 1 radical (unpaired) electrons. The molecule has 0 heterocycles. The number of halogens is 2. The molecule has 15 heavy (non-hydrogen) atoms. The molecule has 0 amide bonds. The first-order valence-corrected chi connectivity index (χ1v) is 4.36. The number of alkyl halides is 2. The molecular weight excluding hydrogens is 206 g/mol. The molecule has 0 aliphatic heterocycles. The van der Waals surface area contributed by atoms with Gasteiger partial charge in [-0.1, -0.05) is 6.07 Å². The molecule has 0 bridgehead atoms. The van der Waals surface area contributed by atoms with Gasteiger partial charge in [-0.3, -0.25) is 0 Å². The predicted molar refractivity (Wildman–Crippen MR) is 49.6 cm³/mol. The van der Waals surface area contributed by atoms with Gasteiger partial charge in [-0.25, -0.2) is 0 Å². The Labute approximate surface area is 86.2 Å². The highest BCUT2D eigenvalue weighted by Crippen LogP contribution is 2.29. The van der Waals surface area contributed by atoms with E-state index in [1.165, 1.54) is 18.2 Å². The SMILES string of the molecule is CCOc1cc([CH]O)ccc1OC(F)F. The van der Waals surface area contributed by atoms with Gasteiger partial charge in [0.05, 0.1) is 6.61 Å². The van der Waals surface area contributed by atoms with Crippen LogP contribution in [0.1, 0.15) is 12.5 Å². The smallest absolute Gasteiger partial charge is 0.387 e. The molecule has 0 aliphatic rings. The number of hydrogen-bond donors (Lipinski definition) is 1. The number of benzene rings is 1. The van der Waals surface area contributed by atoms with Gasteiger partial charge in [0.2, 0.25) is 0 Å². The molecule has 3 nitrogen and oxygen atoms in total. The molecule has 0 aliphatic carbocycles. The summed E-state index contributed by atoms with van der Waals surface area (Å²) in [6.07, 6.45) is 0. The molecule has 5 heteroatoms. The van der Waals surface area contributed by atoms with Crippen LogP contribution in [0.3, 0.4) is 0 Å². The zero-order valence-corrected chi connectivity index (χ0v) is 8.11. The van der Waals surface area contributed by atoms with E-state index >= 15 is 0 Å². The summed E-state index contributed by atoms with van der Waals surface area (Å²) in [4.78, 5) is 0. The Morgan fingerprint density at radius 1 is 1.40 bits per heavy atom. The van der Waals surface area contributed by atoms with E-state index in [1.54, 1.807) is 6.92 Å². The number of aliphatic hydroxyl groups is 1. The van der Waals surface area contributed by atoms with Gasteiger partial charge in [0, 0.05) is 0 Å². The molecule has 0 spiro atoms. The monoisotopic (exact) mass is 217 g/mol. The fraction of sp³-hybridized carbons (Fsp3) is 0.300. The summed E-state index contributed by atoms with van der Waals surface area (Å²) in [5, 5.41) is 8.73. The number of ether oxygens (including phenoxy) is 2. The van der Waals surface area contributed by atoms with E-state index in [0.29, 0.717) is 12.2 Å². The molecule has 83 valence electrons. The molecule has 0 fully saturated rings. The Hall–Kier alpha value is -1.36. The van der Waals surface area contributed by atoms with Crippen LogP contribution < -0.4 is 9.47 Å². The third-order valence-electron chi connectivity index (χ3n) is 1.63. The maximum Gasteiger partial charge on any atom is 0.387 e. The van der Waals surface area contributed by atoms with E-state index in [0.717, 1.165) is 6.61 Å². The molecule has 1 rings (SSSR count). The van der Waals surface area contributed by atoms with Crippen LogP contribution in [0, 0.1) is 6.61 Å². The Kier molecular flexibility index (Phi) is 4.30. The van der Waals surface area contributed by atoms with Gasteiger partial charge in [0.15, 0.2) is 11.5 Å². The standard InChI is InChI=1S/C10H11F2O3/c1-2-14-9-5-7(6-13)3-4-8(9)15-10(11)12/h3-6,10,13H,2H2,1H3. The number of hydrogen-bond acceptors (Lipinski definition) is 3. The lowest BCUT2D eigenvalue weighted by atomic mass is 10.2. The molecule has 0 unspecified atom stereocenters. The molecule has 1 aromatic carbocycles. The lowest BCUT2D eigenvalue weighted by Crippen LogP contribution is -2.04. The fourth-order valence-electron chi connectivity index (χ4n) is 1.07. The highest BCUT2D eigenvalue weighted by Gasteiger charge is 2.11. The minimum atomic E-state index is -2.90. The summed E-state index contributed by atoms with van der Waals surface area (Å²) >= 11 is 0. The minimum absolute atomic E-state index is 0.0440. The quantitative estimate of drug-likeness (QED) is 0.823. The minimum Gasteiger partial charge on any atom is -0.490 e. The second-order valence-corrected chi connectivity index (χ2v) is 2.65. The molecule has 0 saturated carbocycles. The Bertz CT molecular complexity index is 316. The van der Waals surface area contributed by atoms with Gasteiger partial charge >= 0.3 is 6.61 Å². The van der Waals surface area contributed by atoms with Gasteiger partial charge in [-0.2, -0.15) is 8.78 Å². The normalized spacial score (nSPS) is 10.5. The highest BCUT2D eigenvalue weighted by atomic mass is 19.3. The van der Waals surface area contributed by atoms with Crippen molar-refractivity contribution in [1.29, 1.82) is 0 Å². The van der Waals surface area contributed by atoms with E-state index in [2.05, 4.69) is 4.74 Å². The summed E-state index contributed by atoms with van der Waals surface area (Å²) < 4.78 is 33.3. The van der Waals surface area contributed by atoms with Crippen LogP contribution in [-0.2, 0) is 0 Å². The molecule has 0 atom stereocenters. The van der Waals surface area contributed by atoms with Crippen molar-refractivity contribution < 1.29 is 23.4 Å². The van der Waals surface area contributed by atoms with Crippen molar-refractivity contribution in [3.05, 3.63) is 30.4 Å². The average molecular weight is 217 g/mol. The van der Waals surface area contributed by atoms with Gasteiger partial charge in [0.1, 0.15) is 6.61 Å². The summed E-state index contributed by atoms with van der Waals surface area (Å²) in [6, 6.07) is 4.18. The van der Waals surface area contributed by atoms with Crippen molar-refractivity contribution in [2.45, 2.75) is 13.5 Å². The molecule has 0 aromatic heterocycles. The van der Waals surface area contributed by atoms with Crippen LogP contribution in [0.4, 0.5) is 8.78 Å². The molecule has 0 saturated heterocycles. The highest BCUT2D eigenvalue weighted by molar-refractivity contribution is 5.44. The van der Waals surface area contributed by atoms with Gasteiger partial charge in [-0.05, 0) is 24.6 Å². The van der Waals surface area contributed by atoms with Gasteiger partial charge in [0.25, 0.3) is 0 Å². The van der Waals surface area contributed by atoms with E-state index in [4.69, 9.17) is 9.84 Å². The van der Waals surface area contributed by atoms with Crippen LogP contribution in [0.25, 0.3) is 0 Å². The topological polar surface area (TPSA) is 38.7 Å². The van der Waals surface area contributed by atoms with Crippen molar-refractivity contribution in [3.63, 3.8) is 0 Å². The van der Waals surface area contributed by atoms with Crippen LogP contribution in [0.2, 0.25) is 0 Å². The average Bonchev–Trinajstić information content (AvgIpc) is 2.20. The van der Waals surface area contributed by atoms with Crippen LogP contribution >= 0.6 is 0 Å². The van der Waals surface area contributed by atoms with E-state index in [1.807, 2.05) is 0 Å². The third-order valence-corrected chi connectivity index (χ3v) is 1.63. The Morgan fingerprint density at radius 3 is 2.67 bits per heavy atom. The van der Waals surface area contributed by atoms with Crippen LogP contribution in [0.5, 0.6) is 11.5 Å². The summed E-state index contributed by atoms with van der Waals surface area (Å²) in [7, 11) is 0. The van der Waals surface area contributed by atoms with Gasteiger partial charge in [-0.15, -0.1) is 0 Å². The zero-order valence-electron chi connectivity index (χ0n) is 8.11. The van der Waals surface area contributed by atoms with Crippen molar-refractivity contribution in [1.82, 2.24) is 0 Å². The molecule has 1 N–H and O–H groups in total. The van der Waals surface area contributed by atoms with E-state index in [-0.39, 0.29) is 11.5 Å². The first-order chi connectivity index (χ1) is 7.17. The Balaban J connectivity index is 2.92. The largest absolute Gasteiger partial charge is 0.490 e. The maximum absolute atomic E-state index is 12.0. The van der Waals surface area contributed by atoms with Crippen molar-refractivity contribution in [3.8, 4) is 11.5 Å². The number of aliphatic hydroxyl groups excluding tert-OH is 1. The molecule has 1 aromatic rings. The lowest BCUT2D eigenvalue weighted by Gasteiger charge is -2.11. The first kappa shape index (κ1) is 11.7. The lowest BCUT2D eigenvalue weighted by molar-refractivity contribution is -0.0514. The second-order valence-electron chi connectivity index (χ2n) is 2.65.